The van der Waals surface area contributed by atoms with Crippen molar-refractivity contribution >= 4 is 11.6 Å². The molecular weight excluding hydrogens is 248 g/mol. The van der Waals surface area contributed by atoms with Gasteiger partial charge in [0.1, 0.15) is 0 Å². The minimum atomic E-state index is -0.750. The van der Waals surface area contributed by atoms with Crippen LogP contribution in [0.15, 0.2) is 12.2 Å². The van der Waals surface area contributed by atoms with E-state index in [4.69, 9.17) is 11.6 Å². The number of allylic oxidation sites excluding steroid dienone is 1. The van der Waals surface area contributed by atoms with E-state index in [0.717, 1.165) is 48.6 Å². The van der Waals surface area contributed by atoms with E-state index in [2.05, 4.69) is 11.2 Å². The molecule has 0 fully saturated rings. The smallest absolute Gasteiger partial charge is 0.0883 e. The van der Waals surface area contributed by atoms with E-state index in [0.29, 0.717) is 6.42 Å². The summed E-state index contributed by atoms with van der Waals surface area (Å²) in [6.07, 6.45) is 8.26. The van der Waals surface area contributed by atoms with Gasteiger partial charge in [0.15, 0.2) is 0 Å². The van der Waals surface area contributed by atoms with Crippen molar-refractivity contribution in [2.75, 3.05) is 0 Å². The topological polar surface area (TPSA) is 38.0 Å². The number of halogens is 1. The van der Waals surface area contributed by atoms with Crippen molar-refractivity contribution in [1.29, 1.82) is 0 Å². The molecule has 1 aliphatic carbocycles. The second-order valence-electron chi connectivity index (χ2n) is 4.95. The summed E-state index contributed by atoms with van der Waals surface area (Å²) in [5, 5.41) is 15.8. The third kappa shape index (κ3) is 2.62. The second-order valence-corrected chi connectivity index (χ2v) is 5.33. The Hall–Kier alpha value is -0.800. The van der Waals surface area contributed by atoms with Gasteiger partial charge in [-0.25, -0.2) is 0 Å². The van der Waals surface area contributed by atoms with Gasteiger partial charge >= 0.3 is 0 Å². The first-order valence-corrected chi connectivity index (χ1v) is 7.11. The van der Waals surface area contributed by atoms with Crippen molar-refractivity contribution in [3.8, 4) is 0 Å². The van der Waals surface area contributed by atoms with E-state index in [1.54, 1.807) is 0 Å². The third-order valence-corrected chi connectivity index (χ3v) is 4.01. The Kier molecular flexibility index (Phi) is 4.13. The zero-order valence-electron chi connectivity index (χ0n) is 11.1. The molecule has 1 heterocycles. The van der Waals surface area contributed by atoms with Crippen LogP contribution in [0.1, 0.15) is 44.5 Å². The number of hydrogen-bond acceptors (Lipinski definition) is 2. The summed E-state index contributed by atoms with van der Waals surface area (Å²) in [4.78, 5) is 0. The highest BCUT2D eigenvalue weighted by Gasteiger charge is 2.29. The van der Waals surface area contributed by atoms with Crippen LogP contribution in [0.5, 0.6) is 0 Å². The summed E-state index contributed by atoms with van der Waals surface area (Å²) < 4.78 is 1.92. The lowest BCUT2D eigenvalue weighted by Crippen LogP contribution is -2.31. The first-order valence-electron chi connectivity index (χ1n) is 6.73. The summed E-state index contributed by atoms with van der Waals surface area (Å²) in [5.74, 6) is 0. The van der Waals surface area contributed by atoms with Crippen LogP contribution in [0.3, 0.4) is 0 Å². The average Bonchev–Trinajstić information content (AvgIpc) is 2.67. The molecule has 0 amide bonds. The minimum absolute atomic E-state index is 0.559. The second kappa shape index (κ2) is 5.45. The van der Waals surface area contributed by atoms with E-state index in [1.807, 2.05) is 24.6 Å². The van der Waals surface area contributed by atoms with Gasteiger partial charge in [0.2, 0.25) is 0 Å². The molecule has 18 heavy (non-hydrogen) atoms. The molecule has 0 radical (unpaired) electrons. The van der Waals surface area contributed by atoms with Crippen LogP contribution in [0.25, 0.3) is 0 Å². The van der Waals surface area contributed by atoms with Crippen LogP contribution in [-0.2, 0) is 19.4 Å². The predicted octanol–water partition coefficient (Wildman–Crippen LogP) is 3.13. The Bertz CT molecular complexity index is 453. The van der Waals surface area contributed by atoms with Crippen molar-refractivity contribution in [1.82, 2.24) is 9.78 Å². The zero-order chi connectivity index (χ0) is 13.2. The van der Waals surface area contributed by atoms with Crippen LogP contribution in [-0.4, -0.2) is 20.5 Å². The Balaban J connectivity index is 2.30. The number of rotatable bonds is 4. The van der Waals surface area contributed by atoms with Crippen LogP contribution in [0, 0.1) is 0 Å². The molecule has 1 unspecified atom stereocenters. The van der Waals surface area contributed by atoms with Gasteiger partial charge in [-0.05, 0) is 32.6 Å². The van der Waals surface area contributed by atoms with E-state index in [9.17, 15) is 5.11 Å². The first kappa shape index (κ1) is 13.6. The quantitative estimate of drug-likeness (QED) is 0.852. The highest BCUT2D eigenvalue weighted by atomic mass is 35.5. The molecule has 0 saturated carbocycles. The van der Waals surface area contributed by atoms with Crippen molar-refractivity contribution in [2.45, 2.75) is 58.1 Å². The molecule has 3 nitrogen and oxygen atoms in total. The fraction of sp³-hybridized carbons (Fsp3) is 0.643. The van der Waals surface area contributed by atoms with Crippen LogP contribution >= 0.6 is 11.6 Å². The van der Waals surface area contributed by atoms with Crippen molar-refractivity contribution < 1.29 is 5.11 Å². The van der Waals surface area contributed by atoms with Gasteiger partial charge in [-0.2, -0.15) is 5.10 Å². The van der Waals surface area contributed by atoms with E-state index in [-0.39, 0.29) is 0 Å². The molecule has 0 saturated heterocycles. The van der Waals surface area contributed by atoms with Gasteiger partial charge in [0.05, 0.1) is 22.0 Å². The molecule has 0 aliphatic heterocycles. The van der Waals surface area contributed by atoms with Gasteiger partial charge < -0.3 is 5.11 Å². The molecule has 4 heteroatoms. The number of aryl methyl sites for hydroxylation is 2. The summed E-state index contributed by atoms with van der Waals surface area (Å²) in [6, 6.07) is 0. The maximum Gasteiger partial charge on any atom is 0.0883 e. The molecule has 0 bridgehead atoms. The van der Waals surface area contributed by atoms with Gasteiger partial charge in [0.25, 0.3) is 0 Å². The fourth-order valence-corrected chi connectivity index (χ4v) is 2.87. The van der Waals surface area contributed by atoms with Crippen molar-refractivity contribution in [3.63, 3.8) is 0 Å². The minimum Gasteiger partial charge on any atom is -0.385 e. The Morgan fingerprint density at radius 2 is 2.28 bits per heavy atom. The average molecular weight is 269 g/mol. The van der Waals surface area contributed by atoms with Crippen LogP contribution < -0.4 is 0 Å². The lowest BCUT2D eigenvalue weighted by Gasteiger charge is -2.27. The molecule has 0 spiro atoms. The summed E-state index contributed by atoms with van der Waals surface area (Å²) in [5.41, 5.74) is 1.14. The zero-order valence-corrected chi connectivity index (χ0v) is 11.9. The van der Waals surface area contributed by atoms with Gasteiger partial charge in [-0.15, -0.1) is 0 Å². The van der Waals surface area contributed by atoms with E-state index in [1.165, 1.54) is 0 Å². The summed E-state index contributed by atoms with van der Waals surface area (Å²) >= 11 is 6.37. The number of aromatic nitrogens is 2. The van der Waals surface area contributed by atoms with E-state index < -0.39 is 5.60 Å². The first-order chi connectivity index (χ1) is 8.59. The third-order valence-electron chi connectivity index (χ3n) is 3.58. The highest BCUT2D eigenvalue weighted by molar-refractivity contribution is 6.31. The van der Waals surface area contributed by atoms with Crippen molar-refractivity contribution in [3.05, 3.63) is 28.6 Å². The Morgan fingerprint density at radius 3 is 2.83 bits per heavy atom. The molecule has 1 aromatic rings. The molecule has 1 aliphatic rings. The lowest BCUT2D eigenvalue weighted by molar-refractivity contribution is 0.0729. The maximum atomic E-state index is 10.6. The number of nitrogens with zero attached hydrogens (tertiary/aromatic N) is 2. The fourth-order valence-electron chi connectivity index (χ4n) is 2.54. The Morgan fingerprint density at radius 1 is 1.50 bits per heavy atom. The highest BCUT2D eigenvalue weighted by Crippen LogP contribution is 2.30. The molecule has 0 aromatic carbocycles. The summed E-state index contributed by atoms with van der Waals surface area (Å²) in [7, 11) is 0. The largest absolute Gasteiger partial charge is 0.385 e. The molecule has 1 aromatic heterocycles. The lowest BCUT2D eigenvalue weighted by atomic mass is 9.87. The molecule has 100 valence electrons. The molecular formula is C14H21ClN2O. The number of aliphatic hydroxyl groups is 1. The SMILES string of the molecule is CCc1nn(CC)c(CC2(O)C=CCCC2)c1Cl. The standard InChI is InChI=1S/C14H21ClN2O/c1-3-11-13(15)12(17(4-2)16-11)10-14(18)8-6-5-7-9-14/h6,8,18H,3-5,7,9-10H2,1-2H3. The molecule has 1 atom stereocenters. The van der Waals surface area contributed by atoms with Crippen molar-refractivity contribution in [2.24, 2.45) is 0 Å². The molecule has 2 rings (SSSR count). The molecule has 1 N–H and O–H groups in total. The maximum absolute atomic E-state index is 10.6. The Labute approximate surface area is 113 Å². The normalized spacial score (nSPS) is 23.6. The van der Waals surface area contributed by atoms with Gasteiger partial charge in [-0.1, -0.05) is 30.7 Å². The summed E-state index contributed by atoms with van der Waals surface area (Å²) in [6.45, 7) is 4.88. The number of hydrogen-bond donors (Lipinski definition) is 1. The van der Waals surface area contributed by atoms with E-state index >= 15 is 0 Å². The van der Waals surface area contributed by atoms with Gasteiger partial charge in [-0.3, -0.25) is 4.68 Å². The predicted molar refractivity (Wildman–Crippen MR) is 73.9 cm³/mol. The van der Waals surface area contributed by atoms with Crippen LogP contribution in [0.2, 0.25) is 5.02 Å². The van der Waals surface area contributed by atoms with Gasteiger partial charge in [0, 0.05) is 13.0 Å². The van der Waals surface area contributed by atoms with Crippen LogP contribution in [0.4, 0.5) is 0 Å². The monoisotopic (exact) mass is 268 g/mol.